The highest BCUT2D eigenvalue weighted by Crippen LogP contribution is 2.29. The maximum atomic E-state index is 13.9. The molecular formula is C14H11FN2O3S. The third-order valence-electron chi connectivity index (χ3n) is 3.03. The number of rotatable bonds is 2. The molecule has 1 aliphatic rings. The number of methoxy groups -OCH3 is 1. The van der Waals surface area contributed by atoms with Gasteiger partial charge in [0.15, 0.2) is 5.84 Å². The highest BCUT2D eigenvalue weighted by molar-refractivity contribution is 7.90. The highest BCUT2D eigenvalue weighted by atomic mass is 32.2. The molecular weight excluding hydrogens is 295 g/mol. The second-order valence-electron chi connectivity index (χ2n) is 4.38. The summed E-state index contributed by atoms with van der Waals surface area (Å²) in [5, 5.41) is 2.82. The Morgan fingerprint density at radius 1 is 1.19 bits per heavy atom. The number of sulfonamides is 1. The SMILES string of the molecule is COc1cccc(NC2=NS(=O)(=O)c3cccc(F)c32)c1. The molecule has 0 unspecified atom stereocenters. The maximum absolute atomic E-state index is 13.9. The minimum atomic E-state index is -3.86. The number of amidine groups is 1. The van der Waals surface area contributed by atoms with E-state index in [0.29, 0.717) is 11.4 Å². The van der Waals surface area contributed by atoms with Crippen molar-refractivity contribution in [2.45, 2.75) is 4.90 Å². The topological polar surface area (TPSA) is 67.8 Å². The van der Waals surface area contributed by atoms with Crippen LogP contribution in [0.15, 0.2) is 51.8 Å². The molecule has 1 heterocycles. The third kappa shape index (κ3) is 2.36. The van der Waals surface area contributed by atoms with Crippen LogP contribution in [0.3, 0.4) is 0 Å². The molecule has 7 heteroatoms. The number of ether oxygens (including phenoxy) is 1. The van der Waals surface area contributed by atoms with Gasteiger partial charge in [-0.3, -0.25) is 0 Å². The molecule has 108 valence electrons. The molecule has 0 amide bonds. The Kier molecular flexibility index (Phi) is 3.13. The summed E-state index contributed by atoms with van der Waals surface area (Å²) >= 11 is 0. The van der Waals surface area contributed by atoms with Crippen LogP contribution in [0.2, 0.25) is 0 Å². The summed E-state index contributed by atoms with van der Waals surface area (Å²) < 4.78 is 46.4. The van der Waals surface area contributed by atoms with Crippen molar-refractivity contribution in [2.75, 3.05) is 12.4 Å². The highest BCUT2D eigenvalue weighted by Gasteiger charge is 2.31. The first-order chi connectivity index (χ1) is 10.0. The van der Waals surface area contributed by atoms with Crippen LogP contribution in [0.25, 0.3) is 0 Å². The van der Waals surface area contributed by atoms with Gasteiger partial charge in [0.2, 0.25) is 0 Å². The van der Waals surface area contributed by atoms with Crippen LogP contribution in [0, 0.1) is 5.82 Å². The lowest BCUT2D eigenvalue weighted by molar-refractivity contribution is 0.415. The molecule has 1 N–H and O–H groups in total. The standard InChI is InChI=1S/C14H11FN2O3S/c1-20-10-5-2-4-9(8-10)16-14-13-11(15)6-3-7-12(13)21(18,19)17-14/h2-8H,1H3,(H,16,17). The van der Waals surface area contributed by atoms with Gasteiger partial charge in [-0.2, -0.15) is 8.42 Å². The molecule has 0 saturated heterocycles. The normalized spacial score (nSPS) is 15.2. The Labute approximate surface area is 121 Å². The van der Waals surface area contributed by atoms with Gasteiger partial charge in [0.25, 0.3) is 10.0 Å². The Hall–Kier alpha value is -2.41. The second-order valence-corrected chi connectivity index (χ2v) is 5.96. The number of hydrogen-bond donors (Lipinski definition) is 1. The Bertz CT molecular complexity index is 847. The van der Waals surface area contributed by atoms with Crippen molar-refractivity contribution in [3.05, 3.63) is 53.8 Å². The minimum Gasteiger partial charge on any atom is -0.497 e. The first-order valence-electron chi connectivity index (χ1n) is 6.06. The number of hydrogen-bond acceptors (Lipinski definition) is 4. The fourth-order valence-corrected chi connectivity index (χ4v) is 3.27. The Balaban J connectivity index is 2.05. The molecule has 1 aliphatic heterocycles. The zero-order valence-corrected chi connectivity index (χ0v) is 11.8. The van der Waals surface area contributed by atoms with E-state index >= 15 is 0 Å². The van der Waals surface area contributed by atoms with Crippen molar-refractivity contribution in [1.82, 2.24) is 0 Å². The van der Waals surface area contributed by atoms with Gasteiger partial charge in [-0.15, -0.1) is 4.40 Å². The van der Waals surface area contributed by atoms with Crippen LogP contribution in [0.5, 0.6) is 5.75 Å². The molecule has 0 bridgehead atoms. The van der Waals surface area contributed by atoms with Gasteiger partial charge in [0.1, 0.15) is 16.5 Å². The van der Waals surface area contributed by atoms with E-state index in [1.54, 1.807) is 24.3 Å². The third-order valence-corrected chi connectivity index (χ3v) is 4.35. The number of fused-ring (bicyclic) bond motifs is 1. The van der Waals surface area contributed by atoms with Crippen LogP contribution in [-0.4, -0.2) is 21.4 Å². The van der Waals surface area contributed by atoms with Gasteiger partial charge < -0.3 is 10.1 Å². The summed E-state index contributed by atoms with van der Waals surface area (Å²) in [6, 6.07) is 10.7. The number of benzene rings is 2. The molecule has 0 radical (unpaired) electrons. The van der Waals surface area contributed by atoms with E-state index in [2.05, 4.69) is 9.71 Å². The molecule has 0 spiro atoms. The molecule has 5 nitrogen and oxygen atoms in total. The van der Waals surface area contributed by atoms with Crippen LogP contribution < -0.4 is 10.1 Å². The monoisotopic (exact) mass is 306 g/mol. The zero-order valence-electron chi connectivity index (χ0n) is 11.0. The molecule has 0 atom stereocenters. The summed E-state index contributed by atoms with van der Waals surface area (Å²) in [5.74, 6) is -0.0747. The predicted molar refractivity (Wildman–Crippen MR) is 76.7 cm³/mol. The predicted octanol–water partition coefficient (Wildman–Crippen LogP) is 2.40. The summed E-state index contributed by atoms with van der Waals surface area (Å²) in [5.41, 5.74) is 0.514. The Morgan fingerprint density at radius 3 is 2.71 bits per heavy atom. The largest absolute Gasteiger partial charge is 0.497 e. The molecule has 21 heavy (non-hydrogen) atoms. The van der Waals surface area contributed by atoms with Crippen LogP contribution in [-0.2, 0) is 10.0 Å². The van der Waals surface area contributed by atoms with Crippen molar-refractivity contribution in [1.29, 1.82) is 0 Å². The number of nitrogens with zero attached hydrogens (tertiary/aromatic N) is 1. The zero-order chi connectivity index (χ0) is 15.0. The summed E-state index contributed by atoms with van der Waals surface area (Å²) in [4.78, 5) is -0.132. The van der Waals surface area contributed by atoms with E-state index in [-0.39, 0.29) is 16.3 Å². The summed E-state index contributed by atoms with van der Waals surface area (Å²) in [7, 11) is -2.34. The smallest absolute Gasteiger partial charge is 0.285 e. The number of anilines is 1. The molecule has 3 rings (SSSR count). The quantitative estimate of drug-likeness (QED) is 0.925. The Morgan fingerprint density at radius 2 is 1.95 bits per heavy atom. The van der Waals surface area contributed by atoms with E-state index in [1.807, 2.05) is 0 Å². The van der Waals surface area contributed by atoms with Gasteiger partial charge in [-0.25, -0.2) is 4.39 Å². The van der Waals surface area contributed by atoms with Crippen LogP contribution in [0.1, 0.15) is 5.56 Å². The summed E-state index contributed by atoms with van der Waals surface area (Å²) in [6.45, 7) is 0. The first kappa shape index (κ1) is 13.6. The van der Waals surface area contributed by atoms with Gasteiger partial charge in [-0.05, 0) is 24.3 Å². The second kappa shape index (κ2) is 4.85. The van der Waals surface area contributed by atoms with Crippen LogP contribution in [0.4, 0.5) is 10.1 Å². The summed E-state index contributed by atoms with van der Waals surface area (Å²) in [6.07, 6.45) is 0. The van der Waals surface area contributed by atoms with E-state index in [4.69, 9.17) is 4.74 Å². The van der Waals surface area contributed by atoms with Crippen molar-refractivity contribution in [3.8, 4) is 5.75 Å². The van der Waals surface area contributed by atoms with Gasteiger partial charge in [-0.1, -0.05) is 12.1 Å². The lowest BCUT2D eigenvalue weighted by Gasteiger charge is -2.08. The average Bonchev–Trinajstić information content (AvgIpc) is 2.71. The van der Waals surface area contributed by atoms with E-state index in [0.717, 1.165) is 0 Å². The van der Waals surface area contributed by atoms with E-state index in [1.165, 1.54) is 25.3 Å². The van der Waals surface area contributed by atoms with Crippen molar-refractivity contribution in [3.63, 3.8) is 0 Å². The van der Waals surface area contributed by atoms with E-state index in [9.17, 15) is 12.8 Å². The van der Waals surface area contributed by atoms with Crippen LogP contribution >= 0.6 is 0 Å². The van der Waals surface area contributed by atoms with E-state index < -0.39 is 15.8 Å². The van der Waals surface area contributed by atoms with Crippen molar-refractivity contribution >= 4 is 21.5 Å². The van der Waals surface area contributed by atoms with Gasteiger partial charge >= 0.3 is 0 Å². The number of nitrogens with one attached hydrogen (secondary N) is 1. The fourth-order valence-electron chi connectivity index (χ4n) is 2.09. The van der Waals surface area contributed by atoms with Crippen molar-refractivity contribution < 1.29 is 17.5 Å². The van der Waals surface area contributed by atoms with Gasteiger partial charge in [0.05, 0.1) is 12.7 Å². The minimum absolute atomic E-state index is 0.0312. The average molecular weight is 306 g/mol. The lowest BCUT2D eigenvalue weighted by Crippen LogP contribution is -2.13. The van der Waals surface area contributed by atoms with Crippen molar-refractivity contribution in [2.24, 2.45) is 4.40 Å². The number of halogens is 1. The lowest BCUT2D eigenvalue weighted by atomic mass is 10.2. The first-order valence-corrected chi connectivity index (χ1v) is 7.50. The molecule has 0 aromatic heterocycles. The molecule has 0 aliphatic carbocycles. The molecule has 2 aromatic rings. The fraction of sp³-hybridized carbons (Fsp3) is 0.0714. The maximum Gasteiger partial charge on any atom is 0.285 e. The molecule has 2 aromatic carbocycles. The molecule has 0 fully saturated rings. The van der Waals surface area contributed by atoms with Gasteiger partial charge in [0, 0.05) is 11.8 Å². The molecule has 0 saturated carbocycles.